The van der Waals surface area contributed by atoms with Gasteiger partial charge in [0, 0.05) is 31.1 Å². The molecule has 3 rings (SSSR count). The Kier molecular flexibility index (Phi) is 3.84. The van der Waals surface area contributed by atoms with E-state index in [0.29, 0.717) is 11.8 Å². The van der Waals surface area contributed by atoms with Crippen LogP contribution in [0.3, 0.4) is 0 Å². The predicted octanol–water partition coefficient (Wildman–Crippen LogP) is 2.62. The standard InChI is InChI=1S/C15H20N2O4S/c1-22(20,21)15-8-13(6-7-14(15)17(18)19)16-9-11-4-2-3-5-12(11)10-16/h6-8,11-12H,2-5,9-10H2,1H3. The van der Waals surface area contributed by atoms with E-state index in [9.17, 15) is 18.5 Å². The highest BCUT2D eigenvalue weighted by Crippen LogP contribution is 2.39. The third-order valence-corrected chi connectivity index (χ3v) is 6.01. The Bertz CT molecular complexity index is 687. The maximum atomic E-state index is 11.9. The zero-order valence-corrected chi connectivity index (χ0v) is 13.4. The fourth-order valence-corrected chi connectivity index (χ4v) is 4.62. The SMILES string of the molecule is CS(=O)(=O)c1cc(N2CC3CCCCC3C2)ccc1[N+](=O)[O-]. The van der Waals surface area contributed by atoms with E-state index in [2.05, 4.69) is 4.90 Å². The van der Waals surface area contributed by atoms with Crippen molar-refractivity contribution in [2.75, 3.05) is 24.2 Å². The number of benzene rings is 1. The van der Waals surface area contributed by atoms with Crippen LogP contribution in [0.4, 0.5) is 11.4 Å². The summed E-state index contributed by atoms with van der Waals surface area (Å²) in [6.07, 6.45) is 6.01. The lowest BCUT2D eigenvalue weighted by Crippen LogP contribution is -2.20. The van der Waals surface area contributed by atoms with Crippen LogP contribution in [0.2, 0.25) is 0 Å². The minimum absolute atomic E-state index is 0.190. The third-order valence-electron chi connectivity index (χ3n) is 4.88. The van der Waals surface area contributed by atoms with Crippen molar-refractivity contribution in [1.29, 1.82) is 0 Å². The number of hydrogen-bond acceptors (Lipinski definition) is 5. The lowest BCUT2D eigenvalue weighted by molar-refractivity contribution is -0.387. The average molecular weight is 324 g/mol. The summed E-state index contributed by atoms with van der Waals surface area (Å²) >= 11 is 0. The van der Waals surface area contributed by atoms with Gasteiger partial charge < -0.3 is 4.90 Å². The Labute approximate surface area is 130 Å². The first-order chi connectivity index (χ1) is 10.4. The van der Waals surface area contributed by atoms with E-state index < -0.39 is 14.8 Å². The summed E-state index contributed by atoms with van der Waals surface area (Å²) in [7, 11) is -3.62. The fraction of sp³-hybridized carbons (Fsp3) is 0.600. The monoisotopic (exact) mass is 324 g/mol. The lowest BCUT2D eigenvalue weighted by atomic mass is 9.82. The molecule has 7 heteroatoms. The van der Waals surface area contributed by atoms with Gasteiger partial charge in [0.05, 0.1) is 4.92 Å². The highest BCUT2D eigenvalue weighted by atomic mass is 32.2. The van der Waals surface area contributed by atoms with Gasteiger partial charge in [-0.15, -0.1) is 0 Å². The smallest absolute Gasteiger partial charge is 0.288 e. The van der Waals surface area contributed by atoms with Gasteiger partial charge in [0.2, 0.25) is 0 Å². The average Bonchev–Trinajstić information content (AvgIpc) is 2.89. The van der Waals surface area contributed by atoms with Crippen molar-refractivity contribution in [3.05, 3.63) is 28.3 Å². The van der Waals surface area contributed by atoms with Gasteiger partial charge in [-0.2, -0.15) is 0 Å². The minimum atomic E-state index is -3.62. The number of fused-ring (bicyclic) bond motifs is 1. The summed E-state index contributed by atoms with van der Waals surface area (Å²) in [5.74, 6) is 1.34. The van der Waals surface area contributed by atoms with Crippen LogP contribution in [0.5, 0.6) is 0 Å². The molecule has 0 radical (unpaired) electrons. The van der Waals surface area contributed by atoms with E-state index in [1.807, 2.05) is 0 Å². The van der Waals surface area contributed by atoms with Crippen LogP contribution in [0, 0.1) is 22.0 Å². The Morgan fingerprint density at radius 3 is 2.27 bits per heavy atom. The van der Waals surface area contributed by atoms with E-state index in [1.54, 1.807) is 6.07 Å². The summed E-state index contributed by atoms with van der Waals surface area (Å²) in [5, 5.41) is 11.0. The maximum absolute atomic E-state index is 11.9. The van der Waals surface area contributed by atoms with Gasteiger partial charge in [-0.25, -0.2) is 8.42 Å². The van der Waals surface area contributed by atoms with E-state index in [0.717, 1.165) is 25.0 Å². The van der Waals surface area contributed by atoms with Gasteiger partial charge in [-0.05, 0) is 36.8 Å². The van der Waals surface area contributed by atoms with Crippen LogP contribution in [0.1, 0.15) is 25.7 Å². The normalized spacial score (nSPS) is 25.0. The zero-order valence-electron chi connectivity index (χ0n) is 12.6. The second kappa shape index (κ2) is 5.53. The molecule has 1 aromatic rings. The van der Waals surface area contributed by atoms with E-state index in [4.69, 9.17) is 0 Å². The molecule has 0 N–H and O–H groups in total. The summed E-state index contributed by atoms with van der Waals surface area (Å²) in [4.78, 5) is 12.4. The van der Waals surface area contributed by atoms with Gasteiger partial charge in [-0.1, -0.05) is 12.8 Å². The van der Waals surface area contributed by atoms with Crippen molar-refractivity contribution >= 4 is 21.2 Å². The van der Waals surface area contributed by atoms with E-state index >= 15 is 0 Å². The Hall–Kier alpha value is -1.63. The molecule has 0 aromatic heterocycles. The second-order valence-corrected chi connectivity index (χ2v) is 8.38. The van der Waals surface area contributed by atoms with Crippen molar-refractivity contribution < 1.29 is 13.3 Å². The molecule has 2 atom stereocenters. The molecule has 2 unspecified atom stereocenters. The first kappa shape index (κ1) is 15.3. The van der Waals surface area contributed by atoms with Gasteiger partial charge >= 0.3 is 0 Å². The first-order valence-corrected chi connectivity index (χ1v) is 9.49. The molecule has 2 fully saturated rings. The topological polar surface area (TPSA) is 80.5 Å². The number of nitrogens with zero attached hydrogens (tertiary/aromatic N) is 2. The molecule has 0 bridgehead atoms. The first-order valence-electron chi connectivity index (χ1n) is 7.59. The molecular formula is C15H20N2O4S. The van der Waals surface area contributed by atoms with Crippen LogP contribution in [0.25, 0.3) is 0 Å². The van der Waals surface area contributed by atoms with Gasteiger partial charge in [-0.3, -0.25) is 10.1 Å². The summed E-state index contributed by atoms with van der Waals surface area (Å²) in [5.41, 5.74) is 0.434. The molecule has 22 heavy (non-hydrogen) atoms. The van der Waals surface area contributed by atoms with Crippen LogP contribution < -0.4 is 4.90 Å². The number of rotatable bonds is 3. The molecule has 1 aliphatic carbocycles. The number of anilines is 1. The molecule has 120 valence electrons. The predicted molar refractivity (Wildman–Crippen MR) is 83.9 cm³/mol. The number of nitro benzene ring substituents is 1. The van der Waals surface area contributed by atoms with Crippen molar-refractivity contribution in [2.24, 2.45) is 11.8 Å². The largest absolute Gasteiger partial charge is 0.371 e. The Morgan fingerprint density at radius 1 is 1.18 bits per heavy atom. The Balaban J connectivity index is 1.94. The van der Waals surface area contributed by atoms with Gasteiger partial charge in [0.25, 0.3) is 5.69 Å². The molecule has 0 spiro atoms. The minimum Gasteiger partial charge on any atom is -0.371 e. The lowest BCUT2D eigenvalue weighted by Gasteiger charge is -2.22. The number of hydrogen-bond donors (Lipinski definition) is 0. The number of sulfone groups is 1. The molecule has 1 aromatic carbocycles. The van der Waals surface area contributed by atoms with Gasteiger partial charge in [0.15, 0.2) is 9.84 Å². The summed E-state index contributed by atoms with van der Waals surface area (Å²) in [6.45, 7) is 1.84. The van der Waals surface area contributed by atoms with Crippen LogP contribution in [-0.4, -0.2) is 32.7 Å². The second-order valence-electron chi connectivity index (χ2n) is 6.39. The molecule has 0 amide bonds. The molecule has 1 saturated heterocycles. The summed E-state index contributed by atoms with van der Waals surface area (Å²) < 4.78 is 23.7. The zero-order chi connectivity index (χ0) is 15.9. The molecule has 1 aliphatic heterocycles. The molecule has 1 saturated carbocycles. The van der Waals surface area contributed by atoms with E-state index in [-0.39, 0.29) is 10.6 Å². The van der Waals surface area contributed by atoms with E-state index in [1.165, 1.54) is 37.8 Å². The van der Waals surface area contributed by atoms with Gasteiger partial charge in [0.1, 0.15) is 4.90 Å². The van der Waals surface area contributed by atoms with Crippen LogP contribution in [-0.2, 0) is 9.84 Å². The highest BCUT2D eigenvalue weighted by Gasteiger charge is 2.35. The van der Waals surface area contributed by atoms with Crippen LogP contribution in [0.15, 0.2) is 23.1 Å². The van der Waals surface area contributed by atoms with Crippen LogP contribution >= 0.6 is 0 Å². The third kappa shape index (κ3) is 2.82. The fourth-order valence-electron chi connectivity index (χ4n) is 3.76. The summed E-state index contributed by atoms with van der Waals surface area (Å²) in [6, 6.07) is 4.45. The van der Waals surface area contributed by atoms with Crippen molar-refractivity contribution in [3.8, 4) is 0 Å². The highest BCUT2D eigenvalue weighted by molar-refractivity contribution is 7.90. The van der Waals surface area contributed by atoms with Crippen molar-refractivity contribution in [3.63, 3.8) is 0 Å². The molecular weight excluding hydrogens is 304 g/mol. The molecule has 1 heterocycles. The van der Waals surface area contributed by atoms with Crippen molar-refractivity contribution in [2.45, 2.75) is 30.6 Å². The molecule has 2 aliphatic rings. The quantitative estimate of drug-likeness (QED) is 0.630. The maximum Gasteiger partial charge on any atom is 0.288 e. The molecule has 6 nitrogen and oxygen atoms in total. The Morgan fingerprint density at radius 2 is 1.77 bits per heavy atom. The van der Waals surface area contributed by atoms with Crippen molar-refractivity contribution in [1.82, 2.24) is 0 Å². The number of nitro groups is 1.